The number of ether oxygens (including phenoxy) is 2. The summed E-state index contributed by atoms with van der Waals surface area (Å²) in [6, 6.07) is 0. The van der Waals surface area contributed by atoms with Gasteiger partial charge in [0.05, 0.1) is 6.20 Å². The van der Waals surface area contributed by atoms with Crippen molar-refractivity contribution in [2.75, 3.05) is 6.61 Å². The number of nitrogens with zero attached hydrogens (tertiary/aromatic N) is 3. The highest BCUT2D eigenvalue weighted by atomic mass is 16.5. The molecule has 0 aromatic carbocycles. The van der Waals surface area contributed by atoms with Crippen molar-refractivity contribution in [1.29, 1.82) is 0 Å². The Balaban J connectivity index is 1.57. The highest BCUT2D eigenvalue weighted by Crippen LogP contribution is 2.47. The van der Waals surface area contributed by atoms with Crippen LogP contribution in [0.5, 0.6) is 0 Å². The van der Waals surface area contributed by atoms with E-state index < -0.39 is 18.2 Å². The molecule has 0 saturated heterocycles. The van der Waals surface area contributed by atoms with E-state index >= 15 is 0 Å². The third-order valence-electron chi connectivity index (χ3n) is 6.33. The van der Waals surface area contributed by atoms with E-state index in [1.54, 1.807) is 0 Å². The molecule has 1 saturated carbocycles. The maximum Gasteiger partial charge on any atom is 0.334 e. The Bertz CT molecular complexity index is 830. The van der Waals surface area contributed by atoms with Gasteiger partial charge in [-0.05, 0) is 56.3 Å². The Morgan fingerprint density at radius 3 is 2.83 bits per heavy atom. The minimum atomic E-state index is -1.15. The van der Waals surface area contributed by atoms with Crippen LogP contribution in [-0.2, 0) is 25.7 Å². The van der Waals surface area contributed by atoms with Crippen molar-refractivity contribution in [1.82, 2.24) is 15.0 Å². The van der Waals surface area contributed by atoms with E-state index in [1.165, 1.54) is 25.1 Å². The molecule has 2 aliphatic carbocycles. The first-order valence-corrected chi connectivity index (χ1v) is 10.5. The Morgan fingerprint density at radius 2 is 2.10 bits per heavy atom. The molecule has 30 heavy (non-hydrogen) atoms. The summed E-state index contributed by atoms with van der Waals surface area (Å²) in [6.07, 6.45) is 6.99. The topological polar surface area (TPSA) is 104 Å². The van der Waals surface area contributed by atoms with E-state index in [1.807, 2.05) is 0 Å². The third kappa shape index (κ3) is 5.16. The lowest BCUT2D eigenvalue weighted by atomic mass is 9.61. The summed E-state index contributed by atoms with van der Waals surface area (Å²) in [4.78, 5) is 23.5. The van der Waals surface area contributed by atoms with Crippen molar-refractivity contribution >= 4 is 11.9 Å². The van der Waals surface area contributed by atoms with E-state index in [0.29, 0.717) is 29.0 Å². The number of hydrogen-bond acceptors (Lipinski definition) is 7. The highest BCUT2D eigenvalue weighted by Gasteiger charge is 2.40. The molecule has 0 spiro atoms. The molecule has 0 bridgehead atoms. The molecule has 8 heteroatoms. The first-order valence-electron chi connectivity index (χ1n) is 10.5. The number of fused-ring (bicyclic) bond motifs is 1. The molecule has 1 aromatic heterocycles. The zero-order valence-corrected chi connectivity index (χ0v) is 17.9. The van der Waals surface area contributed by atoms with Gasteiger partial charge in [-0.25, -0.2) is 9.48 Å². The average Bonchev–Trinajstić information content (AvgIpc) is 3.19. The Labute approximate surface area is 176 Å². The second-order valence-corrected chi connectivity index (χ2v) is 8.53. The molecular weight excluding hydrogens is 386 g/mol. The number of carbonyl (C=O) groups is 2. The van der Waals surface area contributed by atoms with Gasteiger partial charge in [0.15, 0.2) is 6.23 Å². The second kappa shape index (κ2) is 9.55. The van der Waals surface area contributed by atoms with Crippen molar-refractivity contribution in [3.05, 3.63) is 35.7 Å². The number of hydrogen-bond donors (Lipinski definition) is 1. The first-order chi connectivity index (χ1) is 14.3. The van der Waals surface area contributed by atoms with Gasteiger partial charge in [0.25, 0.3) is 0 Å². The van der Waals surface area contributed by atoms with Crippen LogP contribution in [0, 0.1) is 23.7 Å². The molecule has 8 nitrogen and oxygen atoms in total. The fourth-order valence-corrected chi connectivity index (χ4v) is 4.63. The zero-order valence-electron chi connectivity index (χ0n) is 17.9. The maximum atomic E-state index is 12.7. The van der Waals surface area contributed by atoms with Crippen LogP contribution in [0.4, 0.5) is 0 Å². The summed E-state index contributed by atoms with van der Waals surface area (Å²) in [5.41, 5.74) is 2.30. The van der Waals surface area contributed by atoms with Gasteiger partial charge in [0, 0.05) is 12.5 Å². The van der Waals surface area contributed by atoms with Gasteiger partial charge in [-0.1, -0.05) is 30.4 Å². The van der Waals surface area contributed by atoms with E-state index in [0.717, 1.165) is 23.9 Å². The van der Waals surface area contributed by atoms with Crippen LogP contribution in [0.1, 0.15) is 58.4 Å². The summed E-state index contributed by atoms with van der Waals surface area (Å²) in [6.45, 7) is 9.50. The fourth-order valence-electron chi connectivity index (χ4n) is 4.63. The van der Waals surface area contributed by atoms with Gasteiger partial charge in [0.1, 0.15) is 18.9 Å². The summed E-state index contributed by atoms with van der Waals surface area (Å²) >= 11 is 0. The molecule has 164 valence electrons. The van der Waals surface area contributed by atoms with Crippen molar-refractivity contribution in [3.8, 4) is 0 Å². The summed E-state index contributed by atoms with van der Waals surface area (Å²) in [5, 5.41) is 17.6. The smallest absolute Gasteiger partial charge is 0.334 e. The van der Waals surface area contributed by atoms with Gasteiger partial charge in [0.2, 0.25) is 0 Å². The lowest BCUT2D eigenvalue weighted by Crippen LogP contribution is -2.36. The minimum absolute atomic E-state index is 0.0653. The molecule has 0 aliphatic heterocycles. The van der Waals surface area contributed by atoms with Crippen LogP contribution < -0.4 is 0 Å². The number of aromatic nitrogens is 3. The van der Waals surface area contributed by atoms with Crippen LogP contribution in [0.25, 0.3) is 0 Å². The maximum absolute atomic E-state index is 12.7. The molecular formula is C22H31N3O5. The molecule has 0 amide bonds. The van der Waals surface area contributed by atoms with Crippen molar-refractivity contribution < 1.29 is 24.2 Å². The number of rotatable bonds is 7. The monoisotopic (exact) mass is 417 g/mol. The quantitative estimate of drug-likeness (QED) is 0.413. The molecule has 1 N–H and O–H groups in total. The number of aliphatic hydroxyl groups excluding tert-OH is 1. The van der Waals surface area contributed by atoms with Crippen molar-refractivity contribution in [2.45, 2.75) is 59.3 Å². The Hall–Kier alpha value is -2.48. The van der Waals surface area contributed by atoms with E-state index in [4.69, 9.17) is 9.47 Å². The molecule has 5 atom stereocenters. The third-order valence-corrected chi connectivity index (χ3v) is 6.33. The van der Waals surface area contributed by atoms with Gasteiger partial charge in [-0.2, -0.15) is 0 Å². The van der Waals surface area contributed by atoms with Gasteiger partial charge >= 0.3 is 11.9 Å². The molecule has 1 heterocycles. The van der Waals surface area contributed by atoms with Gasteiger partial charge in [-0.3, -0.25) is 4.79 Å². The predicted molar refractivity (Wildman–Crippen MR) is 109 cm³/mol. The van der Waals surface area contributed by atoms with Crippen LogP contribution in [0.2, 0.25) is 0 Å². The summed E-state index contributed by atoms with van der Waals surface area (Å²) in [7, 11) is 0. The first kappa shape index (κ1) is 22.2. The van der Waals surface area contributed by atoms with E-state index in [2.05, 4.69) is 36.8 Å². The minimum Gasteiger partial charge on any atom is -0.461 e. The lowest BCUT2D eigenvalue weighted by molar-refractivity contribution is -0.146. The Kier molecular flexibility index (Phi) is 7.07. The number of aliphatic hydroxyl groups is 1. The Morgan fingerprint density at radius 1 is 1.33 bits per heavy atom. The molecule has 0 radical (unpaired) electrons. The normalized spacial score (nSPS) is 26.9. The average molecular weight is 418 g/mol. The molecule has 1 fully saturated rings. The standard InChI is InChI=1S/C22H31N3O5/c1-13-5-7-18-14(2)6-8-19(20(18)9-13)15(3)22(28)30-11-17-10-25(24-23-17)21(27)12-29-16(4)26/h9-10,14,18-21,27H,3,5-8,11-12H2,1-2,4H3/t14-,18+,19+,20+,21-/m1/s1. The van der Waals surface area contributed by atoms with Gasteiger partial charge < -0.3 is 14.6 Å². The summed E-state index contributed by atoms with van der Waals surface area (Å²) in [5.74, 6) is 0.794. The number of carbonyl (C=O) groups excluding carboxylic acids is 2. The van der Waals surface area contributed by atoms with E-state index in [9.17, 15) is 14.7 Å². The van der Waals surface area contributed by atoms with Crippen LogP contribution in [-0.4, -0.2) is 38.6 Å². The van der Waals surface area contributed by atoms with Gasteiger partial charge in [-0.15, -0.1) is 5.10 Å². The molecule has 0 unspecified atom stereocenters. The SMILES string of the molecule is C=C(C(=O)OCc1cn([C@H](O)COC(C)=O)nn1)[C@@H]1CC[C@@H](C)[C@@H]2CCC(C)=C[C@@H]21. The number of allylic oxidation sites excluding steroid dienone is 2. The van der Waals surface area contributed by atoms with Crippen LogP contribution >= 0.6 is 0 Å². The predicted octanol–water partition coefficient (Wildman–Crippen LogP) is 2.95. The second-order valence-electron chi connectivity index (χ2n) is 8.53. The van der Waals surface area contributed by atoms with Crippen molar-refractivity contribution in [2.24, 2.45) is 23.7 Å². The largest absolute Gasteiger partial charge is 0.461 e. The van der Waals surface area contributed by atoms with Crippen LogP contribution in [0.3, 0.4) is 0 Å². The van der Waals surface area contributed by atoms with E-state index in [-0.39, 0.29) is 19.1 Å². The lowest BCUT2D eigenvalue weighted by Gasteiger charge is -2.43. The van der Waals surface area contributed by atoms with Crippen molar-refractivity contribution in [3.63, 3.8) is 0 Å². The van der Waals surface area contributed by atoms with Crippen LogP contribution in [0.15, 0.2) is 30.0 Å². The molecule has 1 aromatic rings. The number of esters is 2. The zero-order chi connectivity index (χ0) is 21.8. The molecule has 2 aliphatic rings. The highest BCUT2D eigenvalue weighted by molar-refractivity contribution is 5.88. The fraction of sp³-hybridized carbons (Fsp3) is 0.636. The summed E-state index contributed by atoms with van der Waals surface area (Å²) < 4.78 is 11.3. The molecule has 3 rings (SSSR count).